The fourth-order valence-corrected chi connectivity index (χ4v) is 1.91. The summed E-state index contributed by atoms with van der Waals surface area (Å²) in [4.78, 5) is 22.2. The summed E-state index contributed by atoms with van der Waals surface area (Å²) in [5.74, 6) is -1.30. The molecule has 1 heterocycles. The lowest BCUT2D eigenvalue weighted by molar-refractivity contribution is -0.140. The lowest BCUT2D eigenvalue weighted by atomic mass is 10.2. The van der Waals surface area contributed by atoms with Gasteiger partial charge in [0.15, 0.2) is 0 Å². The molecule has 0 aliphatic rings. The van der Waals surface area contributed by atoms with Crippen LogP contribution in [0.3, 0.4) is 0 Å². The largest absolute Gasteiger partial charge is 0.481 e. The SMILES string of the molecule is Cc1csc(CC(=O)CC(=O)O)c1. The number of rotatable bonds is 4. The van der Waals surface area contributed by atoms with Gasteiger partial charge in [-0.25, -0.2) is 0 Å². The van der Waals surface area contributed by atoms with Gasteiger partial charge in [-0.05, 0) is 23.9 Å². The van der Waals surface area contributed by atoms with Crippen molar-refractivity contribution in [3.63, 3.8) is 0 Å². The van der Waals surface area contributed by atoms with Crippen molar-refractivity contribution in [2.24, 2.45) is 0 Å². The molecule has 0 radical (unpaired) electrons. The standard InChI is InChI=1S/C9H10O3S/c1-6-2-8(13-5-6)3-7(10)4-9(11)12/h2,5H,3-4H2,1H3,(H,11,12). The van der Waals surface area contributed by atoms with E-state index >= 15 is 0 Å². The fraction of sp³-hybridized carbons (Fsp3) is 0.333. The molecule has 0 saturated heterocycles. The Kier molecular flexibility index (Phi) is 3.19. The van der Waals surface area contributed by atoms with E-state index in [9.17, 15) is 9.59 Å². The molecule has 4 heteroatoms. The van der Waals surface area contributed by atoms with E-state index in [0.717, 1.165) is 10.4 Å². The van der Waals surface area contributed by atoms with E-state index in [0.29, 0.717) is 0 Å². The molecule has 0 spiro atoms. The molecule has 0 aliphatic heterocycles. The van der Waals surface area contributed by atoms with Crippen molar-refractivity contribution in [2.75, 3.05) is 0 Å². The van der Waals surface area contributed by atoms with Gasteiger partial charge in [0.2, 0.25) is 0 Å². The summed E-state index contributed by atoms with van der Waals surface area (Å²) in [5.41, 5.74) is 1.11. The average molecular weight is 198 g/mol. The molecule has 0 fully saturated rings. The molecule has 0 unspecified atom stereocenters. The number of aliphatic carboxylic acids is 1. The summed E-state index contributed by atoms with van der Waals surface area (Å²) in [6.07, 6.45) is -0.137. The predicted octanol–water partition coefficient (Wildman–Crippen LogP) is 1.64. The van der Waals surface area contributed by atoms with Gasteiger partial charge in [0.1, 0.15) is 12.2 Å². The van der Waals surface area contributed by atoms with Crippen LogP contribution in [0.4, 0.5) is 0 Å². The van der Waals surface area contributed by atoms with Gasteiger partial charge >= 0.3 is 5.97 Å². The summed E-state index contributed by atoms with van der Waals surface area (Å²) in [6.45, 7) is 1.95. The highest BCUT2D eigenvalue weighted by Gasteiger charge is 2.09. The normalized spacial score (nSPS) is 9.92. The number of carboxylic acids is 1. The van der Waals surface area contributed by atoms with Gasteiger partial charge in [0, 0.05) is 11.3 Å². The second kappa shape index (κ2) is 4.18. The second-order valence-corrected chi connectivity index (χ2v) is 3.87. The Morgan fingerprint density at radius 1 is 1.54 bits per heavy atom. The molecule has 13 heavy (non-hydrogen) atoms. The van der Waals surface area contributed by atoms with Crippen molar-refractivity contribution < 1.29 is 14.7 Å². The molecule has 1 aromatic rings. The minimum atomic E-state index is -1.06. The Bertz CT molecular complexity index is 327. The van der Waals surface area contributed by atoms with Crippen LogP contribution in [0.1, 0.15) is 16.9 Å². The second-order valence-electron chi connectivity index (χ2n) is 2.88. The molecule has 0 atom stereocenters. The van der Waals surface area contributed by atoms with Crippen molar-refractivity contribution >= 4 is 23.1 Å². The summed E-state index contributed by atoms with van der Waals surface area (Å²) in [7, 11) is 0. The fourth-order valence-electron chi connectivity index (χ4n) is 1.01. The molecule has 0 amide bonds. The maximum Gasteiger partial charge on any atom is 0.310 e. The maximum atomic E-state index is 11.1. The van der Waals surface area contributed by atoms with E-state index in [1.807, 2.05) is 18.4 Å². The molecular formula is C9H10O3S. The van der Waals surface area contributed by atoms with Crippen molar-refractivity contribution in [2.45, 2.75) is 19.8 Å². The van der Waals surface area contributed by atoms with Gasteiger partial charge in [-0.2, -0.15) is 0 Å². The number of thiophene rings is 1. The molecular weight excluding hydrogens is 188 g/mol. The van der Waals surface area contributed by atoms with Crippen LogP contribution in [-0.2, 0) is 16.0 Å². The van der Waals surface area contributed by atoms with Crippen LogP contribution in [0, 0.1) is 6.92 Å². The number of Topliss-reactive ketones (excluding diaryl/α,β-unsaturated/α-hetero) is 1. The topological polar surface area (TPSA) is 54.4 Å². The van der Waals surface area contributed by atoms with Gasteiger partial charge in [-0.1, -0.05) is 0 Å². The number of hydrogen-bond acceptors (Lipinski definition) is 3. The van der Waals surface area contributed by atoms with E-state index in [2.05, 4.69) is 0 Å². The third-order valence-electron chi connectivity index (χ3n) is 1.50. The van der Waals surface area contributed by atoms with Gasteiger partial charge in [0.25, 0.3) is 0 Å². The highest BCUT2D eigenvalue weighted by molar-refractivity contribution is 7.10. The lowest BCUT2D eigenvalue weighted by Crippen LogP contribution is -2.08. The van der Waals surface area contributed by atoms with E-state index in [4.69, 9.17) is 5.11 Å². The van der Waals surface area contributed by atoms with Crippen molar-refractivity contribution in [1.29, 1.82) is 0 Å². The van der Waals surface area contributed by atoms with Crippen LogP contribution in [0.15, 0.2) is 11.4 Å². The Morgan fingerprint density at radius 2 is 2.23 bits per heavy atom. The van der Waals surface area contributed by atoms with Gasteiger partial charge < -0.3 is 5.11 Å². The molecule has 0 aliphatic carbocycles. The quantitative estimate of drug-likeness (QED) is 0.748. The monoisotopic (exact) mass is 198 g/mol. The van der Waals surface area contributed by atoms with Crippen LogP contribution in [0.2, 0.25) is 0 Å². The molecule has 1 rings (SSSR count). The number of carbonyl (C=O) groups is 2. The van der Waals surface area contributed by atoms with E-state index in [-0.39, 0.29) is 18.6 Å². The zero-order chi connectivity index (χ0) is 9.84. The van der Waals surface area contributed by atoms with Crippen molar-refractivity contribution in [3.05, 3.63) is 21.9 Å². The van der Waals surface area contributed by atoms with Gasteiger partial charge in [0.05, 0.1) is 0 Å². The zero-order valence-electron chi connectivity index (χ0n) is 7.24. The van der Waals surface area contributed by atoms with Crippen LogP contribution >= 0.6 is 11.3 Å². The molecule has 0 saturated carbocycles. The predicted molar refractivity (Wildman–Crippen MR) is 50.0 cm³/mol. The van der Waals surface area contributed by atoms with Crippen LogP contribution in [0.25, 0.3) is 0 Å². The minimum Gasteiger partial charge on any atom is -0.481 e. The van der Waals surface area contributed by atoms with Gasteiger partial charge in [-0.15, -0.1) is 11.3 Å². The van der Waals surface area contributed by atoms with Gasteiger partial charge in [-0.3, -0.25) is 9.59 Å². The first-order valence-corrected chi connectivity index (χ1v) is 4.73. The number of carbonyl (C=O) groups excluding carboxylic acids is 1. The summed E-state index contributed by atoms with van der Waals surface area (Å²) in [5, 5.41) is 10.3. The summed E-state index contributed by atoms with van der Waals surface area (Å²) >= 11 is 1.49. The van der Waals surface area contributed by atoms with E-state index in [1.54, 1.807) is 0 Å². The molecule has 3 nitrogen and oxygen atoms in total. The van der Waals surface area contributed by atoms with Crippen LogP contribution in [0.5, 0.6) is 0 Å². The number of hydrogen-bond donors (Lipinski definition) is 1. The number of aryl methyl sites for hydroxylation is 1. The molecule has 70 valence electrons. The Morgan fingerprint density at radius 3 is 2.69 bits per heavy atom. The Balaban J connectivity index is 2.50. The molecule has 0 aromatic carbocycles. The smallest absolute Gasteiger partial charge is 0.310 e. The molecule has 1 N–H and O–H groups in total. The van der Waals surface area contributed by atoms with Crippen molar-refractivity contribution in [1.82, 2.24) is 0 Å². The van der Waals surface area contributed by atoms with Crippen LogP contribution in [-0.4, -0.2) is 16.9 Å². The molecule has 1 aromatic heterocycles. The minimum absolute atomic E-state index is 0.241. The summed E-state index contributed by atoms with van der Waals surface area (Å²) < 4.78 is 0. The van der Waals surface area contributed by atoms with Crippen LogP contribution < -0.4 is 0 Å². The Labute approximate surface area is 80.0 Å². The third kappa shape index (κ3) is 3.38. The first-order chi connectivity index (χ1) is 6.08. The first kappa shape index (κ1) is 9.92. The highest BCUT2D eigenvalue weighted by Crippen LogP contribution is 2.14. The number of carboxylic acid groups (broad SMARTS) is 1. The Hall–Kier alpha value is -1.16. The maximum absolute atomic E-state index is 11.1. The van der Waals surface area contributed by atoms with E-state index in [1.165, 1.54) is 11.3 Å². The zero-order valence-corrected chi connectivity index (χ0v) is 8.06. The highest BCUT2D eigenvalue weighted by atomic mass is 32.1. The average Bonchev–Trinajstić information content (AvgIpc) is 2.33. The summed E-state index contributed by atoms with van der Waals surface area (Å²) in [6, 6.07) is 1.91. The van der Waals surface area contributed by atoms with Crippen molar-refractivity contribution in [3.8, 4) is 0 Å². The first-order valence-electron chi connectivity index (χ1n) is 3.85. The lowest BCUT2D eigenvalue weighted by Gasteiger charge is -1.93. The molecule has 0 bridgehead atoms. The third-order valence-corrected chi connectivity index (χ3v) is 2.56. The number of ketones is 1. The van der Waals surface area contributed by atoms with E-state index < -0.39 is 5.97 Å².